The van der Waals surface area contributed by atoms with E-state index in [9.17, 15) is 0 Å². The van der Waals surface area contributed by atoms with E-state index >= 15 is 0 Å². The topological polar surface area (TPSA) is 0 Å². The minimum Gasteiger partial charge on any atom is -0.0836 e. The van der Waals surface area contributed by atoms with Crippen molar-refractivity contribution in [2.45, 2.75) is 34.3 Å². The second-order valence-corrected chi connectivity index (χ2v) is 7.09. The van der Waals surface area contributed by atoms with Crippen LogP contribution in [0.25, 0.3) is 0 Å². The molecule has 0 fully saturated rings. The molecular formula is C18H19S+. The van der Waals surface area contributed by atoms with Gasteiger partial charge in [-0.3, -0.25) is 0 Å². The van der Waals surface area contributed by atoms with Gasteiger partial charge >= 0.3 is 0 Å². The zero-order valence-electron chi connectivity index (χ0n) is 11.0. The molecule has 1 unspecified atom stereocenters. The molecule has 0 aromatic heterocycles. The smallest absolute Gasteiger partial charge is 0.0836 e. The van der Waals surface area contributed by atoms with Gasteiger partial charge in [0.05, 0.1) is 10.9 Å². The van der Waals surface area contributed by atoms with Gasteiger partial charge in [0.1, 0.15) is 5.25 Å². The molecule has 0 bridgehead atoms. The Labute approximate surface area is 118 Å². The third-order valence-electron chi connectivity index (χ3n) is 3.51. The quantitative estimate of drug-likeness (QED) is 0.552. The molecule has 2 aromatic carbocycles. The number of allylic oxidation sites excluding steroid dienone is 1. The maximum absolute atomic E-state index is 2.44. The molecule has 1 aliphatic carbocycles. The molecule has 0 heterocycles. The fourth-order valence-electron chi connectivity index (χ4n) is 2.60. The van der Waals surface area contributed by atoms with Gasteiger partial charge in [-0.2, -0.15) is 0 Å². The second-order valence-electron chi connectivity index (χ2n) is 4.86. The molecule has 2 aromatic rings. The van der Waals surface area contributed by atoms with Gasteiger partial charge < -0.3 is 0 Å². The predicted molar refractivity (Wildman–Crippen MR) is 83.6 cm³/mol. The van der Waals surface area contributed by atoms with Crippen LogP contribution in [0.2, 0.25) is 0 Å². The largest absolute Gasteiger partial charge is 0.161 e. The Morgan fingerprint density at radius 1 is 0.789 bits per heavy atom. The van der Waals surface area contributed by atoms with Gasteiger partial charge in [-0.25, -0.2) is 0 Å². The van der Waals surface area contributed by atoms with Crippen LogP contribution in [-0.2, 0) is 10.9 Å². The van der Waals surface area contributed by atoms with Gasteiger partial charge in [0.15, 0.2) is 9.79 Å². The molecule has 0 spiro atoms. The van der Waals surface area contributed by atoms with Crippen molar-refractivity contribution in [3.63, 3.8) is 0 Å². The van der Waals surface area contributed by atoms with Crippen LogP contribution in [0.15, 0.2) is 82.6 Å². The Hall–Kier alpha value is -1.47. The monoisotopic (exact) mass is 267 g/mol. The Bertz CT molecular complexity index is 491. The van der Waals surface area contributed by atoms with Gasteiger partial charge in [-0.15, -0.1) is 0 Å². The summed E-state index contributed by atoms with van der Waals surface area (Å²) >= 11 is 0. The average Bonchev–Trinajstić information content (AvgIpc) is 2.51. The minimum absolute atomic E-state index is 0.176. The van der Waals surface area contributed by atoms with Crippen molar-refractivity contribution in [3.8, 4) is 0 Å². The Morgan fingerprint density at radius 2 is 1.37 bits per heavy atom. The van der Waals surface area contributed by atoms with E-state index in [2.05, 4.69) is 72.8 Å². The van der Waals surface area contributed by atoms with E-state index in [4.69, 9.17) is 0 Å². The molecule has 0 radical (unpaired) electrons. The third kappa shape index (κ3) is 2.93. The highest BCUT2D eigenvalue weighted by Crippen LogP contribution is 2.32. The standard InChI is InChI=1S/C18H19S/c1-4-10-16(11-5-1)19(17-12-6-2-7-13-17)18-14-8-3-9-15-18/h1-2,4-8,10-14,18H,3,9,15H2/q+1. The fraction of sp³-hybridized carbons (Fsp3) is 0.222. The third-order valence-corrected chi connectivity index (χ3v) is 6.07. The minimum atomic E-state index is 0.176. The summed E-state index contributed by atoms with van der Waals surface area (Å²) in [4.78, 5) is 2.93. The summed E-state index contributed by atoms with van der Waals surface area (Å²) in [5.74, 6) is 0. The molecule has 0 nitrogen and oxygen atoms in total. The molecule has 0 amide bonds. The summed E-state index contributed by atoms with van der Waals surface area (Å²) in [5.41, 5.74) is 0. The molecule has 19 heavy (non-hydrogen) atoms. The van der Waals surface area contributed by atoms with Gasteiger partial charge in [0, 0.05) is 0 Å². The first-order valence-electron chi connectivity index (χ1n) is 6.95. The van der Waals surface area contributed by atoms with E-state index in [1.807, 2.05) is 0 Å². The lowest BCUT2D eigenvalue weighted by atomic mass is 10.1. The molecule has 1 atom stereocenters. The van der Waals surface area contributed by atoms with Gasteiger partial charge in [0.2, 0.25) is 0 Å². The van der Waals surface area contributed by atoms with Crippen LogP contribution in [0.3, 0.4) is 0 Å². The summed E-state index contributed by atoms with van der Waals surface area (Å²) in [5, 5.41) is 0.665. The van der Waals surface area contributed by atoms with Crippen molar-refractivity contribution >= 4 is 10.9 Å². The molecule has 0 saturated heterocycles. The summed E-state index contributed by atoms with van der Waals surface area (Å²) < 4.78 is 0. The molecule has 0 saturated carbocycles. The highest BCUT2D eigenvalue weighted by atomic mass is 32.2. The fourth-order valence-corrected chi connectivity index (χ4v) is 5.14. The number of benzene rings is 2. The van der Waals surface area contributed by atoms with Gasteiger partial charge in [0.25, 0.3) is 0 Å². The molecule has 0 N–H and O–H groups in total. The van der Waals surface area contributed by atoms with E-state index in [1.165, 1.54) is 29.1 Å². The lowest BCUT2D eigenvalue weighted by Crippen LogP contribution is -2.21. The van der Waals surface area contributed by atoms with Crippen molar-refractivity contribution in [2.24, 2.45) is 0 Å². The SMILES string of the molecule is C1=CC([S+](c2ccccc2)c2ccccc2)CCC1. The van der Waals surface area contributed by atoms with Crippen molar-refractivity contribution in [1.82, 2.24) is 0 Å². The first kappa shape index (κ1) is 12.6. The lowest BCUT2D eigenvalue weighted by molar-refractivity contribution is 0.736. The van der Waals surface area contributed by atoms with Crippen LogP contribution >= 0.6 is 0 Å². The van der Waals surface area contributed by atoms with Crippen molar-refractivity contribution in [3.05, 3.63) is 72.8 Å². The molecule has 1 aliphatic rings. The molecule has 1 heteroatoms. The first-order chi connectivity index (χ1) is 9.45. The van der Waals surface area contributed by atoms with Crippen molar-refractivity contribution in [2.75, 3.05) is 0 Å². The van der Waals surface area contributed by atoms with Crippen molar-refractivity contribution < 1.29 is 0 Å². The zero-order chi connectivity index (χ0) is 12.9. The number of rotatable bonds is 3. The summed E-state index contributed by atoms with van der Waals surface area (Å²) in [6.45, 7) is 0. The highest BCUT2D eigenvalue weighted by molar-refractivity contribution is 7.97. The van der Waals surface area contributed by atoms with Crippen LogP contribution in [0, 0.1) is 0 Å². The average molecular weight is 267 g/mol. The zero-order valence-corrected chi connectivity index (χ0v) is 11.9. The summed E-state index contributed by atoms with van der Waals surface area (Å²) in [6.07, 6.45) is 8.68. The predicted octanol–water partition coefficient (Wildman–Crippen LogP) is 4.83. The van der Waals surface area contributed by atoms with E-state index < -0.39 is 0 Å². The summed E-state index contributed by atoms with van der Waals surface area (Å²) in [7, 11) is 0.176. The van der Waals surface area contributed by atoms with Crippen LogP contribution in [0.4, 0.5) is 0 Å². The van der Waals surface area contributed by atoms with Crippen LogP contribution in [0.1, 0.15) is 19.3 Å². The maximum atomic E-state index is 2.44. The molecule has 96 valence electrons. The number of hydrogen-bond donors (Lipinski definition) is 0. The first-order valence-corrected chi connectivity index (χ1v) is 8.24. The second kappa shape index (κ2) is 6.12. The van der Waals surface area contributed by atoms with Crippen LogP contribution < -0.4 is 0 Å². The highest BCUT2D eigenvalue weighted by Gasteiger charge is 2.33. The molecule has 3 rings (SSSR count). The lowest BCUT2D eigenvalue weighted by Gasteiger charge is -2.18. The van der Waals surface area contributed by atoms with E-state index in [0.717, 1.165) is 0 Å². The van der Waals surface area contributed by atoms with Gasteiger partial charge in [-0.05, 0) is 49.6 Å². The molecule has 0 aliphatic heterocycles. The van der Waals surface area contributed by atoms with Crippen molar-refractivity contribution in [1.29, 1.82) is 0 Å². The number of hydrogen-bond acceptors (Lipinski definition) is 0. The Balaban J connectivity index is 2.01. The van der Waals surface area contributed by atoms with E-state index in [-0.39, 0.29) is 10.9 Å². The Kier molecular flexibility index (Phi) is 4.04. The Morgan fingerprint density at radius 3 is 1.84 bits per heavy atom. The maximum Gasteiger partial charge on any atom is 0.161 e. The van der Waals surface area contributed by atoms with E-state index in [0.29, 0.717) is 5.25 Å². The van der Waals surface area contributed by atoms with Crippen LogP contribution in [-0.4, -0.2) is 5.25 Å². The van der Waals surface area contributed by atoms with E-state index in [1.54, 1.807) is 0 Å². The van der Waals surface area contributed by atoms with Gasteiger partial charge in [-0.1, -0.05) is 42.5 Å². The van der Waals surface area contributed by atoms with Crippen LogP contribution in [0.5, 0.6) is 0 Å². The normalized spacial score (nSPS) is 18.7. The molecular weight excluding hydrogens is 248 g/mol. The summed E-state index contributed by atoms with van der Waals surface area (Å²) in [6, 6.07) is 21.9.